The van der Waals surface area contributed by atoms with Gasteiger partial charge in [-0.3, -0.25) is 0 Å². The Morgan fingerprint density at radius 2 is 2.00 bits per heavy atom. The topological polar surface area (TPSA) is 33.7 Å². The van der Waals surface area contributed by atoms with Crippen LogP contribution in [0.2, 0.25) is 5.02 Å². The Labute approximate surface area is 127 Å². The first-order chi connectivity index (χ1) is 9.43. The fourth-order valence-electron chi connectivity index (χ4n) is 1.67. The van der Waals surface area contributed by atoms with E-state index in [-0.39, 0.29) is 0 Å². The Morgan fingerprint density at radius 3 is 2.55 bits per heavy atom. The van der Waals surface area contributed by atoms with Crippen molar-refractivity contribution < 1.29 is 9.47 Å². The zero-order valence-electron chi connectivity index (χ0n) is 13.0. The van der Waals surface area contributed by atoms with E-state index in [4.69, 9.17) is 21.1 Å². The second-order valence-electron chi connectivity index (χ2n) is 5.30. The van der Waals surface area contributed by atoms with Gasteiger partial charge in [0.15, 0.2) is 11.5 Å². The first-order valence-corrected chi connectivity index (χ1v) is 7.19. The molecule has 0 aliphatic rings. The Balaban J connectivity index is 2.79. The molecule has 0 saturated carbocycles. The Morgan fingerprint density at radius 1 is 1.30 bits per heavy atom. The highest BCUT2D eigenvalue weighted by molar-refractivity contribution is 6.32. The molecule has 0 spiro atoms. The number of ether oxygens (including phenoxy) is 2. The molecule has 0 aliphatic heterocycles. The van der Waals surface area contributed by atoms with Gasteiger partial charge >= 0.3 is 0 Å². The van der Waals surface area contributed by atoms with Crippen molar-refractivity contribution in [2.45, 2.75) is 26.4 Å². The third-order valence-corrected chi connectivity index (χ3v) is 3.07. The van der Waals surface area contributed by atoms with E-state index in [1.807, 2.05) is 26.2 Å². The summed E-state index contributed by atoms with van der Waals surface area (Å²) in [5.74, 6) is 1.29. The first kappa shape index (κ1) is 17.1. The average molecular weight is 301 g/mol. The lowest BCUT2D eigenvalue weighted by Crippen LogP contribution is -2.22. The lowest BCUT2D eigenvalue weighted by Gasteiger charge is -2.16. The number of nitrogens with zero attached hydrogens (tertiary/aromatic N) is 1. The fraction of sp³-hybridized carbons (Fsp3) is 0.600. The monoisotopic (exact) mass is 300 g/mol. The first-order valence-electron chi connectivity index (χ1n) is 6.81. The number of benzene rings is 1. The zero-order chi connectivity index (χ0) is 15.1. The molecule has 0 unspecified atom stereocenters. The number of halogens is 1. The van der Waals surface area contributed by atoms with Crippen LogP contribution in [0.5, 0.6) is 11.5 Å². The summed E-state index contributed by atoms with van der Waals surface area (Å²) < 4.78 is 11.1. The van der Waals surface area contributed by atoms with Crippen molar-refractivity contribution in [1.82, 2.24) is 10.2 Å². The molecule has 0 amide bonds. The maximum Gasteiger partial charge on any atom is 0.179 e. The highest BCUT2D eigenvalue weighted by Gasteiger charge is 2.12. The van der Waals surface area contributed by atoms with Crippen molar-refractivity contribution in [3.63, 3.8) is 0 Å². The number of rotatable bonds is 8. The van der Waals surface area contributed by atoms with Gasteiger partial charge in [0, 0.05) is 19.1 Å². The summed E-state index contributed by atoms with van der Waals surface area (Å²) in [6.07, 6.45) is 0. The highest BCUT2D eigenvalue weighted by atomic mass is 35.5. The Hall–Kier alpha value is -0.970. The molecule has 1 aromatic rings. The molecule has 1 aromatic carbocycles. The number of nitrogens with one attached hydrogen (secondary N) is 1. The smallest absolute Gasteiger partial charge is 0.179 e. The van der Waals surface area contributed by atoms with E-state index in [9.17, 15) is 0 Å². The number of hydrogen-bond donors (Lipinski definition) is 1. The summed E-state index contributed by atoms with van der Waals surface area (Å²) in [5.41, 5.74) is 1.08. The average Bonchev–Trinajstić information content (AvgIpc) is 2.37. The van der Waals surface area contributed by atoms with Gasteiger partial charge in [-0.25, -0.2) is 0 Å². The molecule has 0 radical (unpaired) electrons. The zero-order valence-corrected chi connectivity index (χ0v) is 13.8. The Bertz CT molecular complexity index is 423. The molecule has 0 heterocycles. The van der Waals surface area contributed by atoms with Gasteiger partial charge in [0.1, 0.15) is 6.61 Å². The second kappa shape index (κ2) is 8.35. The van der Waals surface area contributed by atoms with Crippen LogP contribution in [-0.4, -0.2) is 45.3 Å². The SMILES string of the molecule is COc1cc(CNC(C)C)cc(Cl)c1OCCN(C)C. The van der Waals surface area contributed by atoms with Gasteiger partial charge in [0.05, 0.1) is 12.1 Å². The number of hydrogen-bond acceptors (Lipinski definition) is 4. The van der Waals surface area contributed by atoms with E-state index in [1.165, 1.54) is 0 Å². The van der Waals surface area contributed by atoms with Crippen molar-refractivity contribution in [3.8, 4) is 11.5 Å². The van der Waals surface area contributed by atoms with Gasteiger partial charge in [0.2, 0.25) is 0 Å². The second-order valence-corrected chi connectivity index (χ2v) is 5.70. The van der Waals surface area contributed by atoms with E-state index in [0.717, 1.165) is 18.7 Å². The summed E-state index contributed by atoms with van der Waals surface area (Å²) in [6.45, 7) is 6.38. The summed E-state index contributed by atoms with van der Waals surface area (Å²) in [4.78, 5) is 2.06. The minimum Gasteiger partial charge on any atom is -0.493 e. The maximum atomic E-state index is 6.30. The molecular formula is C15H25ClN2O2. The van der Waals surface area contributed by atoms with E-state index < -0.39 is 0 Å². The molecular weight excluding hydrogens is 276 g/mol. The normalized spacial score (nSPS) is 11.2. The molecule has 0 fully saturated rings. The predicted molar refractivity (Wildman–Crippen MR) is 84.0 cm³/mol. The molecule has 20 heavy (non-hydrogen) atoms. The van der Waals surface area contributed by atoms with Crippen LogP contribution in [0.25, 0.3) is 0 Å². The van der Waals surface area contributed by atoms with E-state index in [0.29, 0.717) is 29.2 Å². The van der Waals surface area contributed by atoms with Crippen LogP contribution >= 0.6 is 11.6 Å². The van der Waals surface area contributed by atoms with E-state index >= 15 is 0 Å². The van der Waals surface area contributed by atoms with Crippen LogP contribution in [0, 0.1) is 0 Å². The molecule has 0 atom stereocenters. The van der Waals surface area contributed by atoms with Gasteiger partial charge in [-0.1, -0.05) is 25.4 Å². The van der Waals surface area contributed by atoms with Gasteiger partial charge in [-0.2, -0.15) is 0 Å². The lowest BCUT2D eigenvalue weighted by atomic mass is 10.2. The van der Waals surface area contributed by atoms with Crippen molar-refractivity contribution in [1.29, 1.82) is 0 Å². The van der Waals surface area contributed by atoms with Crippen molar-refractivity contribution in [3.05, 3.63) is 22.7 Å². The van der Waals surface area contributed by atoms with Crippen molar-refractivity contribution in [2.75, 3.05) is 34.4 Å². The van der Waals surface area contributed by atoms with Crippen LogP contribution < -0.4 is 14.8 Å². The van der Waals surface area contributed by atoms with Crippen LogP contribution in [0.4, 0.5) is 0 Å². The predicted octanol–water partition coefficient (Wildman–Crippen LogP) is 2.79. The van der Waals surface area contributed by atoms with Gasteiger partial charge in [-0.05, 0) is 31.8 Å². The van der Waals surface area contributed by atoms with Crippen LogP contribution in [0.3, 0.4) is 0 Å². The third-order valence-electron chi connectivity index (χ3n) is 2.79. The quantitative estimate of drug-likeness (QED) is 0.800. The minimum absolute atomic E-state index is 0.427. The van der Waals surface area contributed by atoms with E-state index in [2.05, 4.69) is 24.1 Å². The van der Waals surface area contributed by atoms with Crippen molar-refractivity contribution in [2.24, 2.45) is 0 Å². The number of methoxy groups -OCH3 is 1. The van der Waals surface area contributed by atoms with E-state index in [1.54, 1.807) is 7.11 Å². The summed E-state index contributed by atoms with van der Waals surface area (Å²) in [6, 6.07) is 4.31. The molecule has 0 aromatic heterocycles. The molecule has 114 valence electrons. The molecule has 4 nitrogen and oxygen atoms in total. The summed E-state index contributed by atoms with van der Waals surface area (Å²) >= 11 is 6.30. The maximum absolute atomic E-state index is 6.30. The lowest BCUT2D eigenvalue weighted by molar-refractivity contribution is 0.250. The molecule has 0 saturated heterocycles. The third kappa shape index (κ3) is 5.57. The fourth-order valence-corrected chi connectivity index (χ4v) is 1.96. The van der Waals surface area contributed by atoms with Crippen LogP contribution in [0.1, 0.15) is 19.4 Å². The van der Waals surface area contributed by atoms with Crippen LogP contribution in [-0.2, 0) is 6.54 Å². The highest BCUT2D eigenvalue weighted by Crippen LogP contribution is 2.36. The van der Waals surface area contributed by atoms with Gasteiger partial charge < -0.3 is 19.7 Å². The summed E-state index contributed by atoms with van der Waals surface area (Å²) in [5, 5.41) is 3.94. The molecule has 5 heteroatoms. The minimum atomic E-state index is 0.427. The van der Waals surface area contributed by atoms with Gasteiger partial charge in [-0.15, -0.1) is 0 Å². The molecule has 1 rings (SSSR count). The van der Waals surface area contributed by atoms with Gasteiger partial charge in [0.25, 0.3) is 0 Å². The molecule has 0 bridgehead atoms. The molecule has 1 N–H and O–H groups in total. The summed E-state index contributed by atoms with van der Waals surface area (Å²) in [7, 11) is 5.63. The molecule has 0 aliphatic carbocycles. The largest absolute Gasteiger partial charge is 0.493 e. The van der Waals surface area contributed by atoms with Crippen molar-refractivity contribution >= 4 is 11.6 Å². The Kier molecular flexibility index (Phi) is 7.13. The van der Waals surface area contributed by atoms with Crippen LogP contribution in [0.15, 0.2) is 12.1 Å². The standard InChI is InChI=1S/C15H25ClN2O2/c1-11(2)17-10-12-8-13(16)15(14(9-12)19-5)20-7-6-18(3)4/h8-9,11,17H,6-7,10H2,1-5H3. The number of likely N-dealkylation sites (N-methyl/N-ethyl adjacent to an activating group) is 1.